The highest BCUT2D eigenvalue weighted by Crippen LogP contribution is 2.18. The first-order chi connectivity index (χ1) is 9.62. The van der Waals surface area contributed by atoms with Gasteiger partial charge in [0.1, 0.15) is 0 Å². The number of benzene rings is 1. The molecule has 0 unspecified atom stereocenters. The molecule has 0 saturated heterocycles. The number of hydrogen-bond acceptors (Lipinski definition) is 3. The van der Waals surface area contributed by atoms with Crippen molar-refractivity contribution >= 4 is 21.6 Å². The van der Waals surface area contributed by atoms with Crippen LogP contribution in [0.3, 0.4) is 0 Å². The van der Waals surface area contributed by atoms with Crippen LogP contribution in [0.25, 0.3) is 0 Å². The summed E-state index contributed by atoms with van der Waals surface area (Å²) in [6.45, 7) is 7.71. The van der Waals surface area contributed by atoms with Crippen LogP contribution in [-0.2, 0) is 14.8 Å². The van der Waals surface area contributed by atoms with E-state index in [1.54, 1.807) is 13.8 Å². The van der Waals surface area contributed by atoms with E-state index in [0.29, 0.717) is 0 Å². The maximum absolute atomic E-state index is 12.0. The standard InChI is InChI=1S/C15H24N2O3S/c1-11(2)17(21(5,19)20)10-9-15(18)16-14-8-6-7-12(3)13(14)4/h6-8,11H,9-10H2,1-5H3,(H,16,18). The van der Waals surface area contributed by atoms with Crippen LogP contribution in [0.4, 0.5) is 5.69 Å². The average Bonchev–Trinajstić information content (AvgIpc) is 2.33. The molecule has 1 N–H and O–H groups in total. The third-order valence-corrected chi connectivity index (χ3v) is 4.90. The summed E-state index contributed by atoms with van der Waals surface area (Å²) < 4.78 is 24.6. The summed E-state index contributed by atoms with van der Waals surface area (Å²) >= 11 is 0. The average molecular weight is 312 g/mol. The molecular formula is C15H24N2O3S. The Morgan fingerprint density at radius 3 is 2.43 bits per heavy atom. The van der Waals surface area contributed by atoms with Crippen molar-refractivity contribution < 1.29 is 13.2 Å². The van der Waals surface area contributed by atoms with Crippen LogP contribution in [0.15, 0.2) is 18.2 Å². The molecule has 0 saturated carbocycles. The van der Waals surface area contributed by atoms with Crippen LogP contribution < -0.4 is 5.32 Å². The van der Waals surface area contributed by atoms with E-state index in [1.807, 2.05) is 32.0 Å². The fraction of sp³-hybridized carbons (Fsp3) is 0.533. The lowest BCUT2D eigenvalue weighted by molar-refractivity contribution is -0.116. The molecule has 1 aromatic rings. The Morgan fingerprint density at radius 2 is 1.90 bits per heavy atom. The highest BCUT2D eigenvalue weighted by Gasteiger charge is 2.20. The molecule has 6 heteroatoms. The molecule has 0 aliphatic rings. The number of rotatable bonds is 6. The lowest BCUT2D eigenvalue weighted by atomic mass is 10.1. The number of sulfonamides is 1. The van der Waals surface area contributed by atoms with Gasteiger partial charge in [0, 0.05) is 24.7 Å². The summed E-state index contributed by atoms with van der Waals surface area (Å²) in [6, 6.07) is 5.55. The van der Waals surface area contributed by atoms with E-state index in [-0.39, 0.29) is 24.9 Å². The molecular weight excluding hydrogens is 288 g/mol. The summed E-state index contributed by atoms with van der Waals surface area (Å²) in [4.78, 5) is 12.0. The van der Waals surface area contributed by atoms with E-state index in [9.17, 15) is 13.2 Å². The number of anilines is 1. The normalized spacial score (nSPS) is 12.0. The van der Waals surface area contributed by atoms with Crippen molar-refractivity contribution in [3.63, 3.8) is 0 Å². The van der Waals surface area contributed by atoms with E-state index in [2.05, 4.69) is 5.32 Å². The van der Waals surface area contributed by atoms with Gasteiger partial charge in [-0.1, -0.05) is 12.1 Å². The van der Waals surface area contributed by atoms with Gasteiger partial charge in [0.2, 0.25) is 15.9 Å². The quantitative estimate of drug-likeness (QED) is 0.876. The Labute approximate surface area is 127 Å². The van der Waals surface area contributed by atoms with Gasteiger partial charge in [-0.05, 0) is 44.9 Å². The van der Waals surface area contributed by atoms with Crippen molar-refractivity contribution in [3.05, 3.63) is 29.3 Å². The van der Waals surface area contributed by atoms with Gasteiger partial charge in [0.25, 0.3) is 0 Å². The zero-order valence-electron chi connectivity index (χ0n) is 13.3. The van der Waals surface area contributed by atoms with Gasteiger partial charge in [0.15, 0.2) is 0 Å². The smallest absolute Gasteiger partial charge is 0.225 e. The minimum absolute atomic E-state index is 0.138. The topological polar surface area (TPSA) is 66.5 Å². The van der Waals surface area contributed by atoms with E-state index in [4.69, 9.17) is 0 Å². The molecule has 1 aromatic carbocycles. The summed E-state index contributed by atoms with van der Waals surface area (Å²) in [6.07, 6.45) is 1.30. The van der Waals surface area contributed by atoms with Crippen molar-refractivity contribution in [1.82, 2.24) is 4.31 Å². The van der Waals surface area contributed by atoms with Gasteiger partial charge in [0.05, 0.1) is 6.26 Å². The number of carbonyl (C=O) groups excluding carboxylic acids is 1. The molecule has 118 valence electrons. The maximum atomic E-state index is 12.0. The third kappa shape index (κ3) is 5.13. The number of aryl methyl sites for hydroxylation is 1. The minimum atomic E-state index is -3.29. The first-order valence-electron chi connectivity index (χ1n) is 6.95. The first-order valence-corrected chi connectivity index (χ1v) is 8.80. The Kier molecular flexibility index (Phi) is 5.92. The van der Waals surface area contributed by atoms with Gasteiger partial charge >= 0.3 is 0 Å². The first kappa shape index (κ1) is 17.7. The molecule has 0 bridgehead atoms. The van der Waals surface area contributed by atoms with Crippen LogP contribution in [0, 0.1) is 13.8 Å². The van der Waals surface area contributed by atoms with Crippen LogP contribution in [0.5, 0.6) is 0 Å². The van der Waals surface area contributed by atoms with E-state index in [1.165, 1.54) is 4.31 Å². The Morgan fingerprint density at radius 1 is 1.29 bits per heavy atom. The van der Waals surface area contributed by atoms with Crippen molar-refractivity contribution in [1.29, 1.82) is 0 Å². The molecule has 0 fully saturated rings. The lowest BCUT2D eigenvalue weighted by Crippen LogP contribution is -2.38. The Bertz CT molecular complexity index is 609. The van der Waals surface area contributed by atoms with Crippen LogP contribution in [0.2, 0.25) is 0 Å². The largest absolute Gasteiger partial charge is 0.326 e. The summed E-state index contributed by atoms with van der Waals surface area (Å²) in [5, 5.41) is 2.84. The van der Waals surface area contributed by atoms with Crippen molar-refractivity contribution in [3.8, 4) is 0 Å². The number of nitrogens with one attached hydrogen (secondary N) is 1. The van der Waals surface area contributed by atoms with Gasteiger partial charge in [-0.2, -0.15) is 4.31 Å². The minimum Gasteiger partial charge on any atom is -0.326 e. The molecule has 1 amide bonds. The molecule has 1 rings (SSSR count). The van der Waals surface area contributed by atoms with Gasteiger partial charge in [-0.15, -0.1) is 0 Å². The zero-order chi connectivity index (χ0) is 16.2. The molecule has 0 aliphatic heterocycles. The molecule has 0 aromatic heterocycles. The molecule has 0 spiro atoms. The van der Waals surface area contributed by atoms with Gasteiger partial charge in [-0.25, -0.2) is 8.42 Å². The number of nitrogens with zero attached hydrogens (tertiary/aromatic N) is 1. The Hall–Kier alpha value is -1.40. The SMILES string of the molecule is Cc1cccc(NC(=O)CCN(C(C)C)S(C)(=O)=O)c1C. The lowest BCUT2D eigenvalue weighted by Gasteiger charge is -2.23. The number of hydrogen-bond donors (Lipinski definition) is 1. The number of carbonyl (C=O) groups is 1. The Balaban J connectivity index is 2.68. The summed E-state index contributed by atoms with van der Waals surface area (Å²) in [5.41, 5.74) is 2.90. The zero-order valence-corrected chi connectivity index (χ0v) is 14.1. The van der Waals surface area contributed by atoms with E-state index in [0.717, 1.165) is 23.1 Å². The van der Waals surface area contributed by atoms with Crippen LogP contribution >= 0.6 is 0 Å². The van der Waals surface area contributed by atoms with Gasteiger partial charge in [-0.3, -0.25) is 4.79 Å². The number of amides is 1. The molecule has 21 heavy (non-hydrogen) atoms. The monoisotopic (exact) mass is 312 g/mol. The third-order valence-electron chi connectivity index (χ3n) is 3.44. The van der Waals surface area contributed by atoms with Gasteiger partial charge < -0.3 is 5.32 Å². The van der Waals surface area contributed by atoms with Crippen LogP contribution in [0.1, 0.15) is 31.4 Å². The second kappa shape index (κ2) is 7.04. The van der Waals surface area contributed by atoms with E-state index >= 15 is 0 Å². The molecule has 0 atom stereocenters. The predicted molar refractivity (Wildman–Crippen MR) is 85.8 cm³/mol. The second-order valence-corrected chi connectivity index (χ2v) is 7.45. The highest BCUT2D eigenvalue weighted by molar-refractivity contribution is 7.88. The van der Waals surface area contributed by atoms with Crippen molar-refractivity contribution in [2.45, 2.75) is 40.2 Å². The maximum Gasteiger partial charge on any atom is 0.225 e. The molecule has 5 nitrogen and oxygen atoms in total. The van der Waals surface area contributed by atoms with Crippen molar-refractivity contribution in [2.24, 2.45) is 0 Å². The van der Waals surface area contributed by atoms with E-state index < -0.39 is 10.0 Å². The fourth-order valence-electron chi connectivity index (χ4n) is 2.12. The summed E-state index contributed by atoms with van der Waals surface area (Å²) in [7, 11) is -3.29. The highest BCUT2D eigenvalue weighted by atomic mass is 32.2. The summed E-state index contributed by atoms with van der Waals surface area (Å²) in [5.74, 6) is -0.182. The van der Waals surface area contributed by atoms with Crippen molar-refractivity contribution in [2.75, 3.05) is 18.1 Å². The fourth-order valence-corrected chi connectivity index (χ4v) is 3.31. The predicted octanol–water partition coefficient (Wildman–Crippen LogP) is 2.30. The van der Waals surface area contributed by atoms with Crippen LogP contribution in [-0.4, -0.2) is 37.5 Å². The molecule has 0 aliphatic carbocycles. The second-order valence-electron chi connectivity index (χ2n) is 5.51. The molecule has 0 heterocycles. The molecule has 0 radical (unpaired) electrons.